The van der Waals surface area contributed by atoms with Crippen LogP contribution in [0.1, 0.15) is 12.8 Å². The maximum atomic E-state index is 10.7. The Morgan fingerprint density at radius 1 is 1.33 bits per heavy atom. The number of allylic oxidation sites excluding steroid dienone is 1. The van der Waals surface area contributed by atoms with Gasteiger partial charge in [0.1, 0.15) is 6.61 Å². The van der Waals surface area contributed by atoms with Crippen molar-refractivity contribution in [3.05, 3.63) is 12.2 Å². The first-order valence-electron chi connectivity index (χ1n) is 3.86. The molecule has 0 rings (SSSR count). The van der Waals surface area contributed by atoms with Gasteiger partial charge in [-0.3, -0.25) is 0 Å². The predicted molar refractivity (Wildman–Crippen MR) is 43.5 cm³/mol. The Morgan fingerprint density at radius 2 is 2.08 bits per heavy atom. The highest BCUT2D eigenvalue weighted by Gasteiger charge is 1.93. The molecule has 70 valence electrons. The van der Waals surface area contributed by atoms with Crippen molar-refractivity contribution in [2.75, 3.05) is 19.8 Å². The van der Waals surface area contributed by atoms with Gasteiger partial charge in [-0.25, -0.2) is 4.79 Å². The summed E-state index contributed by atoms with van der Waals surface area (Å²) in [5, 5.41) is 16.7. The second kappa shape index (κ2) is 8.23. The van der Waals surface area contributed by atoms with Gasteiger partial charge in [-0.15, -0.1) is 0 Å². The van der Waals surface area contributed by atoms with Gasteiger partial charge in [-0.2, -0.15) is 0 Å². The molecule has 0 fully saturated rings. The molecule has 0 aromatic carbocycles. The summed E-state index contributed by atoms with van der Waals surface area (Å²) >= 11 is 0. The predicted octanol–water partition coefficient (Wildman–Crippen LogP) is -0.149. The molecule has 0 heterocycles. The summed E-state index contributed by atoms with van der Waals surface area (Å²) in [6.45, 7) is -0.00454. The van der Waals surface area contributed by atoms with Crippen LogP contribution in [0.2, 0.25) is 0 Å². The van der Waals surface area contributed by atoms with Crippen LogP contribution in [0.15, 0.2) is 12.2 Å². The van der Waals surface area contributed by atoms with Gasteiger partial charge in [0, 0.05) is 12.7 Å². The number of aliphatic hydroxyl groups is 2. The maximum absolute atomic E-state index is 10.7. The van der Waals surface area contributed by atoms with Crippen molar-refractivity contribution in [3.8, 4) is 0 Å². The highest BCUT2D eigenvalue weighted by molar-refractivity contribution is 5.81. The fourth-order valence-electron chi connectivity index (χ4n) is 0.583. The van der Waals surface area contributed by atoms with E-state index in [1.165, 1.54) is 6.08 Å². The summed E-state index contributed by atoms with van der Waals surface area (Å²) in [6.07, 6.45) is 4.23. The molecule has 0 saturated carbocycles. The minimum atomic E-state index is -0.456. The van der Waals surface area contributed by atoms with Crippen LogP contribution in [0, 0.1) is 0 Å². The third-order valence-electron chi connectivity index (χ3n) is 1.12. The Labute approximate surface area is 71.5 Å². The molecule has 0 aromatic heterocycles. The van der Waals surface area contributed by atoms with Crippen molar-refractivity contribution in [3.63, 3.8) is 0 Å². The number of rotatable bonds is 6. The molecule has 0 aliphatic heterocycles. The Kier molecular flexibility index (Phi) is 7.63. The standard InChI is InChI=1S/C8H14O4/c9-5-3-1-2-4-8(11)12-7-6-10/h2,4,9-10H,1,3,5-7H2. The molecule has 0 amide bonds. The normalized spacial score (nSPS) is 10.5. The first-order valence-corrected chi connectivity index (χ1v) is 3.86. The molecule has 12 heavy (non-hydrogen) atoms. The molecular formula is C8H14O4. The first kappa shape index (κ1) is 11.1. The van der Waals surface area contributed by atoms with Crippen LogP contribution in [0.5, 0.6) is 0 Å². The van der Waals surface area contributed by atoms with Gasteiger partial charge < -0.3 is 14.9 Å². The lowest BCUT2D eigenvalue weighted by Gasteiger charge is -1.96. The molecule has 0 unspecified atom stereocenters. The molecular weight excluding hydrogens is 160 g/mol. The van der Waals surface area contributed by atoms with Crippen LogP contribution in [0.25, 0.3) is 0 Å². The zero-order valence-corrected chi connectivity index (χ0v) is 6.90. The van der Waals surface area contributed by atoms with E-state index in [4.69, 9.17) is 10.2 Å². The molecule has 4 nitrogen and oxygen atoms in total. The Bertz CT molecular complexity index is 142. The topological polar surface area (TPSA) is 66.8 Å². The van der Waals surface area contributed by atoms with Crippen LogP contribution in [0.3, 0.4) is 0 Å². The number of carbonyl (C=O) groups excluding carboxylic acids is 1. The van der Waals surface area contributed by atoms with Crippen molar-refractivity contribution in [2.24, 2.45) is 0 Å². The molecule has 0 aromatic rings. The minimum absolute atomic E-state index is 0.0309. The van der Waals surface area contributed by atoms with Crippen LogP contribution >= 0.6 is 0 Å². The van der Waals surface area contributed by atoms with E-state index in [0.29, 0.717) is 12.8 Å². The zero-order chi connectivity index (χ0) is 9.23. The van der Waals surface area contributed by atoms with Crippen molar-refractivity contribution < 1.29 is 19.7 Å². The molecule has 0 atom stereocenters. The molecule has 4 heteroatoms. The summed E-state index contributed by atoms with van der Waals surface area (Å²) in [5.41, 5.74) is 0. The van der Waals surface area contributed by atoms with Gasteiger partial charge in [0.2, 0.25) is 0 Å². The van der Waals surface area contributed by atoms with Gasteiger partial charge in [0.25, 0.3) is 0 Å². The van der Waals surface area contributed by atoms with E-state index in [1.54, 1.807) is 6.08 Å². The molecule has 0 aliphatic rings. The lowest BCUT2D eigenvalue weighted by molar-refractivity contribution is -0.138. The fraction of sp³-hybridized carbons (Fsp3) is 0.625. The lowest BCUT2D eigenvalue weighted by atomic mass is 10.3. The van der Waals surface area contributed by atoms with Crippen molar-refractivity contribution in [1.29, 1.82) is 0 Å². The van der Waals surface area contributed by atoms with Gasteiger partial charge >= 0.3 is 5.97 Å². The average molecular weight is 174 g/mol. The highest BCUT2D eigenvalue weighted by atomic mass is 16.5. The summed E-state index contributed by atoms with van der Waals surface area (Å²) in [4.78, 5) is 10.7. The highest BCUT2D eigenvalue weighted by Crippen LogP contribution is 1.90. The van der Waals surface area contributed by atoms with E-state index < -0.39 is 5.97 Å². The van der Waals surface area contributed by atoms with Crippen LogP contribution in [-0.4, -0.2) is 36.0 Å². The second-order valence-corrected chi connectivity index (χ2v) is 2.16. The largest absolute Gasteiger partial charge is 0.460 e. The van der Waals surface area contributed by atoms with Crippen molar-refractivity contribution >= 4 is 5.97 Å². The summed E-state index contributed by atoms with van der Waals surface area (Å²) in [5.74, 6) is -0.456. The van der Waals surface area contributed by atoms with Gasteiger partial charge in [-0.1, -0.05) is 6.08 Å². The number of esters is 1. The van der Waals surface area contributed by atoms with E-state index in [0.717, 1.165) is 0 Å². The Morgan fingerprint density at radius 3 is 2.67 bits per heavy atom. The van der Waals surface area contributed by atoms with Crippen molar-refractivity contribution in [1.82, 2.24) is 0 Å². The number of hydrogen-bond donors (Lipinski definition) is 2. The Balaban J connectivity index is 3.34. The van der Waals surface area contributed by atoms with E-state index in [9.17, 15) is 4.79 Å². The fourth-order valence-corrected chi connectivity index (χ4v) is 0.583. The molecule has 0 radical (unpaired) electrons. The minimum Gasteiger partial charge on any atom is -0.460 e. The van der Waals surface area contributed by atoms with Crippen LogP contribution < -0.4 is 0 Å². The monoisotopic (exact) mass is 174 g/mol. The maximum Gasteiger partial charge on any atom is 0.330 e. The molecule has 0 spiro atoms. The number of aliphatic hydroxyl groups excluding tert-OH is 2. The van der Waals surface area contributed by atoms with Gasteiger partial charge in [-0.05, 0) is 12.8 Å². The van der Waals surface area contributed by atoms with Crippen molar-refractivity contribution in [2.45, 2.75) is 12.8 Å². The third kappa shape index (κ3) is 7.24. The number of carbonyl (C=O) groups is 1. The molecule has 0 saturated heterocycles. The molecule has 0 bridgehead atoms. The number of hydrogen-bond acceptors (Lipinski definition) is 4. The van der Waals surface area contributed by atoms with Crippen LogP contribution in [-0.2, 0) is 9.53 Å². The van der Waals surface area contributed by atoms with E-state index in [-0.39, 0.29) is 19.8 Å². The zero-order valence-electron chi connectivity index (χ0n) is 6.90. The van der Waals surface area contributed by atoms with Gasteiger partial charge in [0.05, 0.1) is 6.61 Å². The van der Waals surface area contributed by atoms with E-state index in [1.807, 2.05) is 0 Å². The quantitative estimate of drug-likeness (QED) is 0.334. The summed E-state index contributed by atoms with van der Waals surface area (Å²) in [6, 6.07) is 0. The molecule has 2 N–H and O–H groups in total. The lowest BCUT2D eigenvalue weighted by Crippen LogP contribution is -2.04. The second-order valence-electron chi connectivity index (χ2n) is 2.16. The summed E-state index contributed by atoms with van der Waals surface area (Å²) in [7, 11) is 0. The number of unbranched alkanes of at least 4 members (excludes halogenated alkanes) is 1. The van der Waals surface area contributed by atoms with E-state index in [2.05, 4.69) is 4.74 Å². The smallest absolute Gasteiger partial charge is 0.330 e. The SMILES string of the molecule is O=C(C=CCCCO)OCCO. The number of ether oxygens (including phenoxy) is 1. The van der Waals surface area contributed by atoms with Crippen LogP contribution in [0.4, 0.5) is 0 Å². The molecule has 0 aliphatic carbocycles. The average Bonchev–Trinajstić information content (AvgIpc) is 2.09. The third-order valence-corrected chi connectivity index (χ3v) is 1.12. The van der Waals surface area contributed by atoms with E-state index >= 15 is 0 Å². The van der Waals surface area contributed by atoms with Gasteiger partial charge in [0.15, 0.2) is 0 Å². The Hall–Kier alpha value is -0.870. The first-order chi connectivity index (χ1) is 5.81. The summed E-state index contributed by atoms with van der Waals surface area (Å²) < 4.78 is 4.53.